The molecule has 0 radical (unpaired) electrons. The van der Waals surface area contributed by atoms with Crippen molar-refractivity contribution in [2.45, 2.75) is 30.9 Å². The molecule has 0 heterocycles. The van der Waals surface area contributed by atoms with E-state index in [1.807, 2.05) is 44.2 Å². The molecule has 0 amide bonds. The smallest absolute Gasteiger partial charge is 0.175 e. The molecule has 0 saturated heterocycles. The molecule has 2 rings (SSSR count). The largest absolute Gasteiger partial charge is 0.379 e. The predicted octanol–water partition coefficient (Wildman–Crippen LogP) is 3.97. The summed E-state index contributed by atoms with van der Waals surface area (Å²) in [5.74, 6) is 0. The first kappa shape index (κ1) is 17.5. The highest BCUT2D eigenvalue weighted by Gasteiger charge is 2.10. The van der Waals surface area contributed by atoms with Crippen LogP contribution >= 0.6 is 0 Å². The zero-order valence-corrected chi connectivity index (χ0v) is 14.7. The maximum absolute atomic E-state index is 11.5. The van der Waals surface area contributed by atoms with E-state index in [0.29, 0.717) is 4.90 Å². The first-order valence-corrected chi connectivity index (χ1v) is 9.39. The molecule has 0 aromatic heterocycles. The van der Waals surface area contributed by atoms with Crippen LogP contribution in [0.3, 0.4) is 0 Å². The van der Waals surface area contributed by atoms with Crippen LogP contribution in [-0.4, -0.2) is 21.8 Å². The van der Waals surface area contributed by atoms with E-state index in [-0.39, 0.29) is 12.1 Å². The number of hydrogen-bond donors (Lipinski definition) is 1. The molecule has 0 aliphatic heterocycles. The number of ether oxygens (including phenoxy) is 1. The summed E-state index contributed by atoms with van der Waals surface area (Å²) < 4.78 is 28.4. The minimum Gasteiger partial charge on any atom is -0.379 e. The van der Waals surface area contributed by atoms with E-state index < -0.39 is 9.84 Å². The van der Waals surface area contributed by atoms with Crippen LogP contribution in [0.4, 0.5) is 5.69 Å². The monoisotopic (exact) mass is 333 g/mol. The minimum atomic E-state index is -3.16. The highest BCUT2D eigenvalue weighted by Crippen LogP contribution is 2.24. The topological polar surface area (TPSA) is 55.4 Å². The summed E-state index contributed by atoms with van der Waals surface area (Å²) in [4.78, 5) is 0.337. The number of rotatable bonds is 6. The van der Waals surface area contributed by atoms with Gasteiger partial charge in [-0.25, -0.2) is 8.42 Å². The molecule has 0 unspecified atom stereocenters. The first-order chi connectivity index (χ1) is 10.8. The second-order valence-corrected chi connectivity index (χ2v) is 7.73. The minimum absolute atomic E-state index is 0.0427. The fourth-order valence-electron chi connectivity index (χ4n) is 2.35. The molecule has 2 aromatic rings. The standard InChI is InChI=1S/C18H23NO3S/c1-13(15-8-10-18(11-9-15)23(4,20)21)19-17-7-5-6-16(12-17)14(2)22-3/h5-14,19H,1-4H3/t13-,14-/m1/s1. The van der Waals surface area contributed by atoms with Gasteiger partial charge in [-0.1, -0.05) is 24.3 Å². The van der Waals surface area contributed by atoms with Crippen LogP contribution in [0.1, 0.15) is 37.1 Å². The van der Waals surface area contributed by atoms with Gasteiger partial charge in [-0.2, -0.15) is 0 Å². The average Bonchev–Trinajstić information content (AvgIpc) is 2.53. The van der Waals surface area contributed by atoms with Crippen LogP contribution in [0.2, 0.25) is 0 Å². The SMILES string of the molecule is CO[C@H](C)c1cccc(N[C@H](C)c2ccc(S(C)(=O)=O)cc2)c1. The van der Waals surface area contributed by atoms with Crippen molar-refractivity contribution in [3.05, 3.63) is 59.7 Å². The highest BCUT2D eigenvalue weighted by atomic mass is 32.2. The molecule has 2 atom stereocenters. The van der Waals surface area contributed by atoms with Crippen molar-refractivity contribution in [3.63, 3.8) is 0 Å². The lowest BCUT2D eigenvalue weighted by Gasteiger charge is -2.18. The maximum Gasteiger partial charge on any atom is 0.175 e. The molecule has 0 fully saturated rings. The summed E-state index contributed by atoms with van der Waals surface area (Å²) in [6.07, 6.45) is 1.26. The summed E-state index contributed by atoms with van der Waals surface area (Å²) in [7, 11) is -1.47. The first-order valence-electron chi connectivity index (χ1n) is 7.50. The Morgan fingerprint density at radius 1 is 1.00 bits per heavy atom. The van der Waals surface area contributed by atoms with E-state index in [2.05, 4.69) is 11.4 Å². The van der Waals surface area contributed by atoms with Crippen LogP contribution in [0.25, 0.3) is 0 Å². The zero-order chi connectivity index (χ0) is 17.0. The van der Waals surface area contributed by atoms with Gasteiger partial charge >= 0.3 is 0 Å². The van der Waals surface area contributed by atoms with Crippen LogP contribution < -0.4 is 5.32 Å². The lowest BCUT2D eigenvalue weighted by atomic mass is 10.1. The highest BCUT2D eigenvalue weighted by molar-refractivity contribution is 7.90. The van der Waals surface area contributed by atoms with Crippen LogP contribution in [0.5, 0.6) is 0 Å². The molecule has 4 nitrogen and oxygen atoms in total. The summed E-state index contributed by atoms with van der Waals surface area (Å²) >= 11 is 0. The van der Waals surface area contributed by atoms with Gasteiger partial charge in [0.1, 0.15) is 0 Å². The maximum atomic E-state index is 11.5. The lowest BCUT2D eigenvalue weighted by molar-refractivity contribution is 0.119. The number of anilines is 1. The van der Waals surface area contributed by atoms with Crippen molar-refractivity contribution in [1.29, 1.82) is 0 Å². The van der Waals surface area contributed by atoms with Gasteiger partial charge in [-0.15, -0.1) is 0 Å². The second kappa shape index (κ2) is 7.15. The fourth-order valence-corrected chi connectivity index (χ4v) is 2.98. The quantitative estimate of drug-likeness (QED) is 0.869. The van der Waals surface area contributed by atoms with E-state index in [0.717, 1.165) is 16.8 Å². The Labute approximate surface area is 138 Å². The van der Waals surface area contributed by atoms with Gasteiger partial charge in [-0.3, -0.25) is 0 Å². The molecule has 1 N–H and O–H groups in total. The average molecular weight is 333 g/mol. The number of benzene rings is 2. The van der Waals surface area contributed by atoms with Crippen molar-refractivity contribution in [2.75, 3.05) is 18.7 Å². The van der Waals surface area contributed by atoms with Crippen LogP contribution in [0.15, 0.2) is 53.4 Å². The fraction of sp³-hybridized carbons (Fsp3) is 0.333. The summed E-state index contributed by atoms with van der Waals surface area (Å²) in [5.41, 5.74) is 3.14. The Kier molecular flexibility index (Phi) is 5.44. The van der Waals surface area contributed by atoms with Gasteiger partial charge in [0.25, 0.3) is 0 Å². The Bertz CT molecular complexity index is 754. The Balaban J connectivity index is 2.14. The van der Waals surface area contributed by atoms with E-state index >= 15 is 0 Å². The zero-order valence-electron chi connectivity index (χ0n) is 13.9. The molecular formula is C18H23NO3S. The second-order valence-electron chi connectivity index (χ2n) is 5.71. The van der Waals surface area contributed by atoms with Crippen molar-refractivity contribution >= 4 is 15.5 Å². The van der Waals surface area contributed by atoms with E-state index in [1.54, 1.807) is 19.2 Å². The van der Waals surface area contributed by atoms with E-state index in [4.69, 9.17) is 4.74 Å². The van der Waals surface area contributed by atoms with Gasteiger partial charge < -0.3 is 10.1 Å². The van der Waals surface area contributed by atoms with Gasteiger partial charge in [0.15, 0.2) is 9.84 Å². The van der Waals surface area contributed by atoms with Crippen LogP contribution in [-0.2, 0) is 14.6 Å². The molecule has 23 heavy (non-hydrogen) atoms. The van der Waals surface area contributed by atoms with Gasteiger partial charge in [-0.05, 0) is 49.2 Å². The molecule has 5 heteroatoms. The Morgan fingerprint density at radius 3 is 2.22 bits per heavy atom. The lowest BCUT2D eigenvalue weighted by Crippen LogP contribution is -2.08. The molecule has 2 aromatic carbocycles. The number of sulfone groups is 1. The van der Waals surface area contributed by atoms with Crippen molar-refractivity contribution in [1.82, 2.24) is 0 Å². The van der Waals surface area contributed by atoms with Crippen molar-refractivity contribution < 1.29 is 13.2 Å². The number of nitrogens with one attached hydrogen (secondary N) is 1. The molecular weight excluding hydrogens is 310 g/mol. The normalized spacial score (nSPS) is 14.3. The van der Waals surface area contributed by atoms with E-state index in [9.17, 15) is 8.42 Å². The molecule has 124 valence electrons. The third kappa shape index (κ3) is 4.56. The van der Waals surface area contributed by atoms with Crippen LogP contribution in [0, 0.1) is 0 Å². The third-order valence-corrected chi connectivity index (χ3v) is 5.03. The summed E-state index contributed by atoms with van der Waals surface area (Å²) in [6, 6.07) is 15.1. The Morgan fingerprint density at radius 2 is 1.65 bits per heavy atom. The molecule has 0 saturated carbocycles. The molecule has 0 spiro atoms. The molecule has 0 bridgehead atoms. The van der Waals surface area contributed by atoms with Gasteiger partial charge in [0.05, 0.1) is 11.0 Å². The third-order valence-electron chi connectivity index (χ3n) is 3.90. The van der Waals surface area contributed by atoms with Crippen molar-refractivity contribution in [2.24, 2.45) is 0 Å². The van der Waals surface area contributed by atoms with E-state index in [1.165, 1.54) is 6.26 Å². The van der Waals surface area contributed by atoms with Gasteiger partial charge in [0.2, 0.25) is 0 Å². The number of hydrogen-bond acceptors (Lipinski definition) is 4. The predicted molar refractivity (Wildman–Crippen MR) is 93.5 cm³/mol. The van der Waals surface area contributed by atoms with Gasteiger partial charge in [0, 0.05) is 25.1 Å². The summed E-state index contributed by atoms with van der Waals surface area (Å²) in [5, 5.41) is 3.43. The Hall–Kier alpha value is -1.85. The van der Waals surface area contributed by atoms with Crippen molar-refractivity contribution in [3.8, 4) is 0 Å². The molecule has 0 aliphatic carbocycles. The number of methoxy groups -OCH3 is 1. The summed E-state index contributed by atoms with van der Waals surface area (Å²) in [6.45, 7) is 4.05. The molecule has 0 aliphatic rings.